The number of hydrogen-bond acceptors (Lipinski definition) is 7. The first-order chi connectivity index (χ1) is 13.8. The average molecular weight is 397 g/mol. The van der Waals surface area contributed by atoms with Crippen LogP contribution in [0.25, 0.3) is 10.6 Å². The van der Waals surface area contributed by atoms with Gasteiger partial charge in [-0.25, -0.2) is 9.78 Å². The van der Waals surface area contributed by atoms with Gasteiger partial charge >= 0.3 is 6.03 Å². The minimum Gasteiger partial charge on any atom is -0.477 e. The van der Waals surface area contributed by atoms with E-state index >= 15 is 0 Å². The highest BCUT2D eigenvalue weighted by Gasteiger charge is 2.16. The molecule has 1 saturated heterocycles. The van der Waals surface area contributed by atoms with Gasteiger partial charge in [-0.05, 0) is 24.6 Å². The Balaban J connectivity index is 1.32. The van der Waals surface area contributed by atoms with Crippen molar-refractivity contribution in [2.45, 2.75) is 6.42 Å². The Hall–Kier alpha value is -3.04. The number of hydrogen-bond donors (Lipinski definition) is 2. The lowest BCUT2D eigenvalue weighted by Crippen LogP contribution is -2.20. The molecule has 1 atom stereocenters. The molecule has 0 aliphatic carbocycles. The Morgan fingerprint density at radius 2 is 2.04 bits per heavy atom. The molecule has 0 radical (unpaired) electrons. The molecule has 144 valence electrons. The van der Waals surface area contributed by atoms with Crippen LogP contribution in [0.5, 0.6) is 5.88 Å². The number of nitrogens with one attached hydrogen (secondary N) is 2. The highest BCUT2D eigenvalue weighted by Crippen LogP contribution is 2.25. The second-order valence-corrected chi connectivity index (χ2v) is 7.11. The SMILES string of the molecule is O=C(Nc1cccc(OCC2CCOC2)n1)Nc1csc(-c2ccncc2)n1. The Kier molecular flexibility index (Phi) is 5.74. The molecule has 4 heterocycles. The van der Waals surface area contributed by atoms with Crippen molar-refractivity contribution >= 4 is 29.0 Å². The molecule has 1 aliphatic rings. The second kappa shape index (κ2) is 8.77. The van der Waals surface area contributed by atoms with Gasteiger partial charge < -0.3 is 9.47 Å². The molecule has 28 heavy (non-hydrogen) atoms. The lowest BCUT2D eigenvalue weighted by Gasteiger charge is -2.11. The van der Waals surface area contributed by atoms with Gasteiger partial charge in [-0.1, -0.05) is 6.07 Å². The Morgan fingerprint density at radius 3 is 2.86 bits per heavy atom. The fraction of sp³-hybridized carbons (Fsp3) is 0.263. The summed E-state index contributed by atoms with van der Waals surface area (Å²) < 4.78 is 11.0. The first-order valence-electron chi connectivity index (χ1n) is 8.88. The van der Waals surface area contributed by atoms with Crippen LogP contribution in [-0.2, 0) is 4.74 Å². The molecule has 1 fully saturated rings. The van der Waals surface area contributed by atoms with E-state index in [1.54, 1.807) is 36.0 Å². The number of thiazole rings is 1. The van der Waals surface area contributed by atoms with Gasteiger partial charge in [-0.15, -0.1) is 11.3 Å². The van der Waals surface area contributed by atoms with Crippen LogP contribution in [0.15, 0.2) is 48.1 Å². The van der Waals surface area contributed by atoms with Crippen molar-refractivity contribution < 1.29 is 14.3 Å². The maximum absolute atomic E-state index is 12.2. The quantitative estimate of drug-likeness (QED) is 0.659. The normalized spacial score (nSPS) is 15.9. The number of urea groups is 1. The second-order valence-electron chi connectivity index (χ2n) is 6.25. The predicted octanol–water partition coefficient (Wildman–Crippen LogP) is 3.66. The third-order valence-corrected chi connectivity index (χ3v) is 5.02. The van der Waals surface area contributed by atoms with Crippen molar-refractivity contribution in [1.82, 2.24) is 15.0 Å². The van der Waals surface area contributed by atoms with Crippen molar-refractivity contribution in [3.63, 3.8) is 0 Å². The first-order valence-corrected chi connectivity index (χ1v) is 9.76. The monoisotopic (exact) mass is 397 g/mol. The number of amides is 2. The number of aromatic nitrogens is 3. The van der Waals surface area contributed by atoms with Crippen LogP contribution < -0.4 is 15.4 Å². The lowest BCUT2D eigenvalue weighted by atomic mass is 10.1. The maximum Gasteiger partial charge on any atom is 0.326 e. The fourth-order valence-corrected chi connectivity index (χ4v) is 3.46. The lowest BCUT2D eigenvalue weighted by molar-refractivity contribution is 0.165. The molecule has 3 aromatic rings. The molecule has 1 unspecified atom stereocenters. The summed E-state index contributed by atoms with van der Waals surface area (Å²) in [5, 5.41) is 8.00. The van der Waals surface area contributed by atoms with Crippen LogP contribution >= 0.6 is 11.3 Å². The predicted molar refractivity (Wildman–Crippen MR) is 107 cm³/mol. The third kappa shape index (κ3) is 4.81. The number of carbonyl (C=O) groups is 1. The smallest absolute Gasteiger partial charge is 0.326 e. The van der Waals surface area contributed by atoms with Crippen molar-refractivity contribution in [2.24, 2.45) is 5.92 Å². The van der Waals surface area contributed by atoms with Gasteiger partial charge in [0.2, 0.25) is 5.88 Å². The summed E-state index contributed by atoms with van der Waals surface area (Å²) in [5.74, 6) is 1.74. The number of anilines is 2. The molecule has 2 N–H and O–H groups in total. The van der Waals surface area contributed by atoms with Crippen LogP contribution in [-0.4, -0.2) is 40.8 Å². The van der Waals surface area contributed by atoms with E-state index in [0.29, 0.717) is 30.0 Å². The van der Waals surface area contributed by atoms with E-state index in [4.69, 9.17) is 9.47 Å². The zero-order chi connectivity index (χ0) is 19.2. The van der Waals surface area contributed by atoms with Gasteiger partial charge in [-0.2, -0.15) is 4.98 Å². The van der Waals surface area contributed by atoms with Gasteiger partial charge in [0.1, 0.15) is 16.6 Å². The van der Waals surface area contributed by atoms with Crippen LogP contribution in [0.1, 0.15) is 6.42 Å². The minimum atomic E-state index is -0.416. The van der Waals surface area contributed by atoms with E-state index in [1.165, 1.54) is 11.3 Å². The molecule has 3 aromatic heterocycles. The zero-order valence-electron chi connectivity index (χ0n) is 15.0. The standard InChI is InChI=1S/C19H19N5O3S/c25-19(24-16-12-28-18(22-16)14-4-7-20-8-5-14)23-15-2-1-3-17(21-15)27-11-13-6-9-26-10-13/h1-5,7-8,12-13H,6,9-11H2,(H2,21,23,24,25). The minimum absolute atomic E-state index is 0.390. The van der Waals surface area contributed by atoms with Crippen molar-refractivity contribution in [3.05, 3.63) is 48.1 Å². The summed E-state index contributed by atoms with van der Waals surface area (Å²) in [6.45, 7) is 2.05. The first kappa shape index (κ1) is 18.3. The summed E-state index contributed by atoms with van der Waals surface area (Å²) >= 11 is 1.44. The molecule has 9 heteroatoms. The molecule has 8 nitrogen and oxygen atoms in total. The Morgan fingerprint density at radius 1 is 1.18 bits per heavy atom. The largest absolute Gasteiger partial charge is 0.477 e. The maximum atomic E-state index is 12.2. The molecular weight excluding hydrogens is 378 g/mol. The summed E-state index contributed by atoms with van der Waals surface area (Å²) in [6, 6.07) is 8.58. The van der Waals surface area contributed by atoms with E-state index in [1.807, 2.05) is 12.1 Å². The zero-order valence-corrected chi connectivity index (χ0v) is 15.8. The average Bonchev–Trinajstić information content (AvgIpc) is 3.39. The Bertz CT molecular complexity index is 928. The number of ether oxygens (including phenoxy) is 2. The number of nitrogens with zero attached hydrogens (tertiary/aromatic N) is 3. The number of pyridine rings is 2. The van der Waals surface area contributed by atoms with Crippen molar-refractivity contribution in [2.75, 3.05) is 30.5 Å². The molecule has 0 spiro atoms. The van der Waals surface area contributed by atoms with Gasteiger partial charge in [0.15, 0.2) is 0 Å². The molecule has 0 saturated carbocycles. The van der Waals surface area contributed by atoms with Crippen molar-refractivity contribution in [1.29, 1.82) is 0 Å². The van der Waals surface area contributed by atoms with Crippen LogP contribution in [0.2, 0.25) is 0 Å². The summed E-state index contributed by atoms with van der Waals surface area (Å²) in [7, 11) is 0. The van der Waals surface area contributed by atoms with Gasteiger partial charge in [0.25, 0.3) is 0 Å². The van der Waals surface area contributed by atoms with Crippen LogP contribution in [0, 0.1) is 5.92 Å². The van der Waals surface area contributed by atoms with Crippen LogP contribution in [0.4, 0.5) is 16.4 Å². The van der Waals surface area contributed by atoms with E-state index in [-0.39, 0.29) is 0 Å². The van der Waals surface area contributed by atoms with E-state index < -0.39 is 6.03 Å². The Labute approximate surface area is 166 Å². The van der Waals surface area contributed by atoms with E-state index in [2.05, 4.69) is 25.6 Å². The number of rotatable bonds is 6. The van der Waals surface area contributed by atoms with E-state index in [0.717, 1.165) is 30.2 Å². The van der Waals surface area contributed by atoms with Gasteiger partial charge in [0, 0.05) is 41.9 Å². The topological polar surface area (TPSA) is 98.3 Å². The summed E-state index contributed by atoms with van der Waals surface area (Å²) in [4.78, 5) is 25.0. The molecule has 0 aromatic carbocycles. The van der Waals surface area contributed by atoms with E-state index in [9.17, 15) is 4.79 Å². The highest BCUT2D eigenvalue weighted by molar-refractivity contribution is 7.13. The fourth-order valence-electron chi connectivity index (χ4n) is 2.70. The van der Waals surface area contributed by atoms with Crippen molar-refractivity contribution in [3.8, 4) is 16.5 Å². The molecular formula is C19H19N5O3S. The summed E-state index contributed by atoms with van der Waals surface area (Å²) in [5.41, 5.74) is 0.952. The number of carbonyl (C=O) groups excluding carboxylic acids is 1. The van der Waals surface area contributed by atoms with Crippen LogP contribution in [0.3, 0.4) is 0 Å². The molecule has 2 amide bonds. The molecule has 1 aliphatic heterocycles. The van der Waals surface area contributed by atoms with Gasteiger partial charge in [-0.3, -0.25) is 15.6 Å². The molecule has 4 rings (SSSR count). The highest BCUT2D eigenvalue weighted by atomic mass is 32.1. The van der Waals surface area contributed by atoms with Gasteiger partial charge in [0.05, 0.1) is 13.2 Å². The summed E-state index contributed by atoms with van der Waals surface area (Å²) in [6.07, 6.45) is 4.41. The third-order valence-electron chi connectivity index (χ3n) is 4.13. The molecule has 0 bridgehead atoms.